The van der Waals surface area contributed by atoms with Gasteiger partial charge in [-0.15, -0.1) is 0 Å². The summed E-state index contributed by atoms with van der Waals surface area (Å²) in [7, 11) is -0.880. The molecule has 0 aliphatic heterocycles. The Morgan fingerprint density at radius 2 is 2.28 bits per heavy atom. The maximum atomic E-state index is 13.5. The van der Waals surface area contributed by atoms with Crippen LogP contribution in [0.5, 0.6) is 0 Å². The number of fused-ring (bicyclic) bond motifs is 1. The van der Waals surface area contributed by atoms with Crippen LogP contribution in [0.2, 0.25) is 0 Å². The summed E-state index contributed by atoms with van der Waals surface area (Å²) in [4.78, 5) is 4.16. The Labute approximate surface area is 115 Å². The molecule has 0 fully saturated rings. The van der Waals surface area contributed by atoms with E-state index in [0.29, 0.717) is 39.5 Å². The summed E-state index contributed by atoms with van der Waals surface area (Å²) < 4.78 is 27.0. The number of hydrogen-bond acceptors (Lipinski definition) is 3. The van der Waals surface area contributed by atoms with Crippen molar-refractivity contribution >= 4 is 43.7 Å². The first-order valence-electron chi connectivity index (χ1n) is 5.48. The monoisotopic (exact) mass is 333 g/mol. The van der Waals surface area contributed by atoms with Crippen molar-refractivity contribution in [3.05, 3.63) is 22.4 Å². The molecule has 98 valence electrons. The molecule has 2 rings (SSSR count). The number of halogens is 2. The highest BCUT2D eigenvalue weighted by molar-refractivity contribution is 9.10. The molecule has 0 aliphatic carbocycles. The Bertz CT molecular complexity index is 614. The smallest absolute Gasteiger partial charge is 0.201 e. The van der Waals surface area contributed by atoms with E-state index >= 15 is 0 Å². The number of rotatable bonds is 4. The van der Waals surface area contributed by atoms with Gasteiger partial charge < -0.3 is 10.3 Å². The first-order valence-corrected chi connectivity index (χ1v) is 7.76. The van der Waals surface area contributed by atoms with E-state index < -0.39 is 10.8 Å². The molecule has 2 N–H and O–H groups in total. The number of nitrogens with two attached hydrogens (primary N) is 1. The maximum absolute atomic E-state index is 13.5. The van der Waals surface area contributed by atoms with Crippen LogP contribution in [0.25, 0.3) is 11.0 Å². The lowest BCUT2D eigenvalue weighted by atomic mass is 10.3. The van der Waals surface area contributed by atoms with Crippen LogP contribution in [0, 0.1) is 5.82 Å². The third-order valence-electron chi connectivity index (χ3n) is 2.68. The fraction of sp³-hybridized carbons (Fsp3) is 0.364. The van der Waals surface area contributed by atoms with E-state index in [4.69, 9.17) is 5.73 Å². The van der Waals surface area contributed by atoms with Gasteiger partial charge in [0.1, 0.15) is 5.82 Å². The second kappa shape index (κ2) is 5.36. The van der Waals surface area contributed by atoms with E-state index in [-0.39, 0.29) is 5.82 Å². The molecule has 1 aromatic heterocycles. The van der Waals surface area contributed by atoms with Gasteiger partial charge in [-0.2, -0.15) is 0 Å². The Morgan fingerprint density at radius 1 is 1.56 bits per heavy atom. The van der Waals surface area contributed by atoms with E-state index in [1.54, 1.807) is 10.6 Å². The largest absolute Gasteiger partial charge is 0.369 e. The summed E-state index contributed by atoms with van der Waals surface area (Å²) in [6.45, 7) is 2.34. The van der Waals surface area contributed by atoms with Gasteiger partial charge in [-0.1, -0.05) is 6.92 Å². The quantitative estimate of drug-likeness (QED) is 0.933. The van der Waals surface area contributed by atoms with Crippen molar-refractivity contribution in [1.29, 1.82) is 0 Å². The van der Waals surface area contributed by atoms with E-state index in [2.05, 4.69) is 20.9 Å². The highest BCUT2D eigenvalue weighted by Crippen LogP contribution is 2.24. The maximum Gasteiger partial charge on any atom is 0.201 e. The van der Waals surface area contributed by atoms with Crippen LogP contribution < -0.4 is 5.73 Å². The molecule has 0 saturated carbocycles. The fourth-order valence-corrected chi connectivity index (χ4v) is 2.72. The minimum atomic E-state index is -0.880. The normalized spacial score (nSPS) is 13.1. The van der Waals surface area contributed by atoms with Crippen LogP contribution in [-0.4, -0.2) is 25.3 Å². The summed E-state index contributed by atoms with van der Waals surface area (Å²) in [5.41, 5.74) is 7.05. The van der Waals surface area contributed by atoms with E-state index in [1.807, 2.05) is 6.92 Å². The van der Waals surface area contributed by atoms with Gasteiger partial charge in [-0.25, -0.2) is 9.37 Å². The molecular weight excluding hydrogens is 321 g/mol. The molecule has 0 aliphatic rings. The Balaban J connectivity index is 2.40. The van der Waals surface area contributed by atoms with Gasteiger partial charge in [0.15, 0.2) is 0 Å². The average Bonchev–Trinajstić information content (AvgIpc) is 2.62. The summed E-state index contributed by atoms with van der Waals surface area (Å²) >= 11 is 3.11. The van der Waals surface area contributed by atoms with Gasteiger partial charge in [0.05, 0.1) is 15.5 Å². The molecule has 0 bridgehead atoms. The minimum absolute atomic E-state index is 0.315. The number of imidazole rings is 1. The molecule has 1 unspecified atom stereocenters. The first-order chi connectivity index (χ1) is 8.52. The van der Waals surface area contributed by atoms with Crippen molar-refractivity contribution in [2.75, 3.05) is 17.2 Å². The highest BCUT2D eigenvalue weighted by atomic mass is 79.9. The highest BCUT2D eigenvalue weighted by Gasteiger charge is 2.12. The predicted octanol–water partition coefficient (Wildman–Crippen LogP) is 2.29. The second-order valence-corrected chi connectivity index (χ2v) is 6.53. The molecule has 1 atom stereocenters. The zero-order chi connectivity index (χ0) is 13.3. The van der Waals surface area contributed by atoms with Crippen molar-refractivity contribution in [2.45, 2.75) is 13.5 Å². The van der Waals surface area contributed by atoms with Crippen molar-refractivity contribution in [3.63, 3.8) is 0 Å². The van der Waals surface area contributed by atoms with E-state index in [1.165, 1.54) is 6.07 Å². The standard InChI is InChI=1S/C11H13BrFN3OS/c1-2-18(17)4-3-16-10-6-8(13)7(12)5-9(10)15-11(16)14/h5-6H,2-4H2,1H3,(H2,14,15). The molecule has 1 heterocycles. The summed E-state index contributed by atoms with van der Waals surface area (Å²) in [5.74, 6) is 1.05. The zero-order valence-electron chi connectivity index (χ0n) is 9.82. The third-order valence-corrected chi connectivity index (χ3v) is 4.57. The Kier molecular flexibility index (Phi) is 4.01. The van der Waals surface area contributed by atoms with Crippen LogP contribution >= 0.6 is 15.9 Å². The molecule has 18 heavy (non-hydrogen) atoms. The number of anilines is 1. The summed E-state index contributed by atoms with van der Waals surface area (Å²) in [6, 6.07) is 2.98. The number of aryl methyl sites for hydroxylation is 1. The molecule has 4 nitrogen and oxygen atoms in total. The van der Waals surface area contributed by atoms with Gasteiger partial charge in [0.25, 0.3) is 0 Å². The topological polar surface area (TPSA) is 60.9 Å². The molecule has 2 aromatic rings. The van der Waals surface area contributed by atoms with E-state index in [0.717, 1.165) is 0 Å². The molecule has 0 radical (unpaired) electrons. The molecule has 0 spiro atoms. The van der Waals surface area contributed by atoms with Gasteiger partial charge >= 0.3 is 0 Å². The molecular formula is C11H13BrFN3OS. The lowest BCUT2D eigenvalue weighted by molar-refractivity contribution is 0.621. The van der Waals surface area contributed by atoms with Crippen LogP contribution in [0.3, 0.4) is 0 Å². The fourth-order valence-electron chi connectivity index (χ4n) is 1.71. The van der Waals surface area contributed by atoms with Crippen LogP contribution in [-0.2, 0) is 17.3 Å². The van der Waals surface area contributed by atoms with Crippen LogP contribution in [0.15, 0.2) is 16.6 Å². The predicted molar refractivity (Wildman–Crippen MR) is 75.4 cm³/mol. The minimum Gasteiger partial charge on any atom is -0.369 e. The SMILES string of the molecule is CCS(=O)CCn1c(N)nc2cc(Br)c(F)cc21. The summed E-state index contributed by atoms with van der Waals surface area (Å²) in [5, 5.41) is 0. The number of benzene rings is 1. The first kappa shape index (κ1) is 13.5. The van der Waals surface area contributed by atoms with Crippen molar-refractivity contribution in [1.82, 2.24) is 9.55 Å². The van der Waals surface area contributed by atoms with Gasteiger partial charge in [-0.05, 0) is 22.0 Å². The number of aromatic nitrogens is 2. The number of nitrogens with zero attached hydrogens (tertiary/aromatic N) is 2. The lowest BCUT2D eigenvalue weighted by Gasteiger charge is -2.05. The number of nitrogen functional groups attached to an aromatic ring is 1. The van der Waals surface area contributed by atoms with Gasteiger partial charge in [-0.3, -0.25) is 4.21 Å². The van der Waals surface area contributed by atoms with Gasteiger partial charge in [0.2, 0.25) is 5.95 Å². The van der Waals surface area contributed by atoms with E-state index in [9.17, 15) is 8.60 Å². The average molecular weight is 334 g/mol. The number of hydrogen-bond donors (Lipinski definition) is 1. The zero-order valence-corrected chi connectivity index (χ0v) is 12.2. The second-order valence-electron chi connectivity index (χ2n) is 3.81. The van der Waals surface area contributed by atoms with Crippen LogP contribution in [0.1, 0.15) is 6.92 Å². The third kappa shape index (κ3) is 2.56. The van der Waals surface area contributed by atoms with Crippen LogP contribution in [0.4, 0.5) is 10.3 Å². The van der Waals surface area contributed by atoms with Crippen molar-refractivity contribution in [2.24, 2.45) is 0 Å². The summed E-state index contributed by atoms with van der Waals surface area (Å²) in [6.07, 6.45) is 0. The Hall–Kier alpha value is -0.950. The lowest BCUT2D eigenvalue weighted by Crippen LogP contribution is -2.11. The Morgan fingerprint density at radius 3 is 2.94 bits per heavy atom. The van der Waals surface area contributed by atoms with Crippen molar-refractivity contribution in [3.8, 4) is 0 Å². The van der Waals surface area contributed by atoms with Crippen molar-refractivity contribution < 1.29 is 8.60 Å². The molecule has 0 saturated heterocycles. The molecule has 7 heteroatoms. The molecule has 0 amide bonds. The van der Waals surface area contributed by atoms with Gasteiger partial charge in [0, 0.05) is 34.9 Å². The molecule has 1 aromatic carbocycles.